The van der Waals surface area contributed by atoms with E-state index in [0.29, 0.717) is 5.92 Å². The number of thiazole rings is 1. The van der Waals surface area contributed by atoms with Crippen LogP contribution in [0.2, 0.25) is 18.1 Å². The van der Waals surface area contributed by atoms with Crippen LogP contribution in [0.15, 0.2) is 20.6 Å². The first-order valence-electron chi connectivity index (χ1n) is 8.45. The standard InChI is InChI=1S/C19H32INOSSi/c1-13(10-15(3)20)18(22-24(8,9)19(5,6)7)14(2)11-17-12-23-16(4)21-17/h10-13,18H,1-9H3/b14-11+,15-10+/t13-,18+/m1/s1. The van der Waals surface area contributed by atoms with Gasteiger partial charge in [-0.2, -0.15) is 0 Å². The van der Waals surface area contributed by atoms with Crippen LogP contribution in [0, 0.1) is 12.8 Å². The molecule has 2 atom stereocenters. The van der Waals surface area contributed by atoms with E-state index < -0.39 is 8.32 Å². The molecule has 0 spiro atoms. The number of rotatable bonds is 6. The molecule has 24 heavy (non-hydrogen) atoms. The maximum Gasteiger partial charge on any atom is 0.192 e. The maximum atomic E-state index is 6.80. The van der Waals surface area contributed by atoms with Crippen molar-refractivity contribution in [3.8, 4) is 0 Å². The molecule has 0 saturated heterocycles. The molecule has 0 amide bonds. The second-order valence-corrected chi connectivity index (χ2v) is 15.6. The average molecular weight is 478 g/mol. The summed E-state index contributed by atoms with van der Waals surface area (Å²) < 4.78 is 8.11. The summed E-state index contributed by atoms with van der Waals surface area (Å²) in [6.45, 7) is 20.2. The van der Waals surface area contributed by atoms with Gasteiger partial charge in [-0.05, 0) is 76.7 Å². The average Bonchev–Trinajstić information content (AvgIpc) is 2.79. The van der Waals surface area contributed by atoms with Gasteiger partial charge in [-0.15, -0.1) is 11.3 Å². The van der Waals surface area contributed by atoms with Gasteiger partial charge in [0.2, 0.25) is 0 Å². The fraction of sp³-hybridized carbons (Fsp3) is 0.632. The number of aromatic nitrogens is 1. The lowest BCUT2D eigenvalue weighted by Gasteiger charge is -2.41. The third-order valence-corrected chi connectivity index (χ3v) is 10.3. The Labute approximate surface area is 167 Å². The quantitative estimate of drug-likeness (QED) is 0.319. The SMILES string of the molecule is C/C(I)=C\[C@@H](C)[C@H](O[Si](C)(C)C(C)(C)C)/C(C)=C/c1csc(C)n1. The van der Waals surface area contributed by atoms with Crippen LogP contribution >= 0.6 is 33.9 Å². The minimum atomic E-state index is -1.85. The van der Waals surface area contributed by atoms with Crippen LogP contribution in [-0.2, 0) is 4.43 Å². The fourth-order valence-electron chi connectivity index (χ4n) is 2.32. The smallest absolute Gasteiger partial charge is 0.192 e. The number of hydrogen-bond acceptors (Lipinski definition) is 3. The molecule has 0 aliphatic heterocycles. The van der Waals surface area contributed by atoms with Gasteiger partial charge in [-0.3, -0.25) is 0 Å². The molecule has 0 fully saturated rings. The molecule has 1 aromatic heterocycles. The van der Waals surface area contributed by atoms with E-state index in [2.05, 4.69) is 99.7 Å². The minimum absolute atomic E-state index is 0.0950. The zero-order chi connectivity index (χ0) is 18.7. The largest absolute Gasteiger partial charge is 0.410 e. The molecule has 0 N–H and O–H groups in total. The molecule has 0 aliphatic carbocycles. The lowest BCUT2D eigenvalue weighted by molar-refractivity contribution is 0.179. The van der Waals surface area contributed by atoms with E-state index in [4.69, 9.17) is 4.43 Å². The summed E-state index contributed by atoms with van der Waals surface area (Å²) in [5, 5.41) is 3.42. The number of nitrogens with zero attached hydrogens (tertiary/aromatic N) is 1. The van der Waals surface area contributed by atoms with Crippen LogP contribution in [0.4, 0.5) is 0 Å². The van der Waals surface area contributed by atoms with Crippen molar-refractivity contribution in [3.05, 3.63) is 31.3 Å². The first kappa shape index (κ1) is 22.1. The van der Waals surface area contributed by atoms with E-state index in [1.807, 2.05) is 6.92 Å². The molecule has 1 heterocycles. The van der Waals surface area contributed by atoms with Crippen molar-refractivity contribution in [1.29, 1.82) is 0 Å². The van der Waals surface area contributed by atoms with Crippen LogP contribution in [-0.4, -0.2) is 19.4 Å². The third-order valence-electron chi connectivity index (χ3n) is 4.66. The molecule has 0 aliphatic rings. The molecule has 1 aromatic rings. The normalized spacial score (nSPS) is 17.1. The Kier molecular flexibility index (Phi) is 7.91. The summed E-state index contributed by atoms with van der Waals surface area (Å²) in [5.41, 5.74) is 2.30. The van der Waals surface area contributed by atoms with Gasteiger partial charge < -0.3 is 4.43 Å². The highest BCUT2D eigenvalue weighted by atomic mass is 127. The van der Waals surface area contributed by atoms with Crippen molar-refractivity contribution in [1.82, 2.24) is 4.98 Å². The maximum absolute atomic E-state index is 6.80. The van der Waals surface area contributed by atoms with E-state index in [1.165, 1.54) is 9.15 Å². The molecule has 0 unspecified atom stereocenters. The predicted molar refractivity (Wildman–Crippen MR) is 120 cm³/mol. The van der Waals surface area contributed by atoms with Crippen LogP contribution in [0.1, 0.15) is 52.2 Å². The summed E-state index contributed by atoms with van der Waals surface area (Å²) in [5.74, 6) is 0.340. The fourth-order valence-corrected chi connectivity index (χ4v) is 4.85. The van der Waals surface area contributed by atoms with Crippen LogP contribution in [0.3, 0.4) is 0 Å². The predicted octanol–water partition coefficient (Wildman–Crippen LogP) is 7.22. The van der Waals surface area contributed by atoms with Gasteiger partial charge in [0, 0.05) is 11.3 Å². The summed E-state index contributed by atoms with van der Waals surface area (Å²) in [7, 11) is -1.85. The minimum Gasteiger partial charge on any atom is -0.410 e. The van der Waals surface area contributed by atoms with Crippen LogP contribution < -0.4 is 0 Å². The molecule has 0 saturated carbocycles. The molecule has 2 nitrogen and oxygen atoms in total. The zero-order valence-electron chi connectivity index (χ0n) is 16.5. The Morgan fingerprint density at radius 3 is 2.33 bits per heavy atom. The van der Waals surface area contributed by atoms with Gasteiger partial charge in [0.15, 0.2) is 8.32 Å². The second-order valence-electron chi connectivity index (χ2n) is 8.09. The summed E-state index contributed by atoms with van der Waals surface area (Å²) in [6.07, 6.45) is 4.59. The number of allylic oxidation sites excluding steroid dienone is 1. The van der Waals surface area contributed by atoms with Gasteiger partial charge in [0.05, 0.1) is 16.8 Å². The molecule has 5 heteroatoms. The van der Waals surface area contributed by atoms with E-state index in [0.717, 1.165) is 10.7 Å². The monoisotopic (exact) mass is 477 g/mol. The van der Waals surface area contributed by atoms with Crippen molar-refractivity contribution in [2.75, 3.05) is 0 Å². The Morgan fingerprint density at radius 2 is 1.92 bits per heavy atom. The third kappa shape index (κ3) is 6.39. The highest BCUT2D eigenvalue weighted by molar-refractivity contribution is 14.1. The number of aryl methyl sites for hydroxylation is 1. The summed E-state index contributed by atoms with van der Waals surface area (Å²) in [4.78, 5) is 4.58. The van der Waals surface area contributed by atoms with Gasteiger partial charge in [-0.25, -0.2) is 4.98 Å². The van der Waals surface area contributed by atoms with Gasteiger partial charge >= 0.3 is 0 Å². The van der Waals surface area contributed by atoms with Crippen molar-refractivity contribution in [2.45, 2.75) is 72.7 Å². The number of halogens is 1. The molecular formula is C19H32INOSSi. The summed E-state index contributed by atoms with van der Waals surface area (Å²) >= 11 is 4.08. The first-order chi connectivity index (χ1) is 10.8. The van der Waals surface area contributed by atoms with Gasteiger partial charge in [-0.1, -0.05) is 33.8 Å². The zero-order valence-corrected chi connectivity index (χ0v) is 20.5. The highest BCUT2D eigenvalue weighted by Gasteiger charge is 2.40. The molecule has 0 aromatic carbocycles. The van der Waals surface area contributed by atoms with Crippen molar-refractivity contribution in [2.24, 2.45) is 5.92 Å². The Bertz CT molecular complexity index is 609. The van der Waals surface area contributed by atoms with E-state index in [9.17, 15) is 0 Å². The molecular weight excluding hydrogens is 445 g/mol. The molecule has 0 radical (unpaired) electrons. The summed E-state index contributed by atoms with van der Waals surface area (Å²) in [6, 6.07) is 0. The van der Waals surface area contributed by atoms with E-state index in [1.54, 1.807) is 11.3 Å². The van der Waals surface area contributed by atoms with Gasteiger partial charge in [0.1, 0.15) is 0 Å². The topological polar surface area (TPSA) is 22.1 Å². The van der Waals surface area contributed by atoms with Crippen LogP contribution in [0.25, 0.3) is 6.08 Å². The Morgan fingerprint density at radius 1 is 1.33 bits per heavy atom. The molecule has 136 valence electrons. The van der Waals surface area contributed by atoms with Crippen molar-refractivity contribution >= 4 is 48.3 Å². The van der Waals surface area contributed by atoms with E-state index >= 15 is 0 Å². The second kappa shape index (κ2) is 8.60. The number of hydrogen-bond donors (Lipinski definition) is 0. The molecule has 1 rings (SSSR count). The Balaban J connectivity index is 3.18. The van der Waals surface area contributed by atoms with Gasteiger partial charge in [0.25, 0.3) is 0 Å². The van der Waals surface area contributed by atoms with Crippen molar-refractivity contribution in [3.63, 3.8) is 0 Å². The molecule has 0 bridgehead atoms. The van der Waals surface area contributed by atoms with Crippen LogP contribution in [0.5, 0.6) is 0 Å². The van der Waals surface area contributed by atoms with E-state index in [-0.39, 0.29) is 11.1 Å². The first-order valence-corrected chi connectivity index (χ1v) is 13.3. The highest BCUT2D eigenvalue weighted by Crippen LogP contribution is 2.39. The lowest BCUT2D eigenvalue weighted by Crippen LogP contribution is -2.45. The lowest BCUT2D eigenvalue weighted by atomic mass is 9.97. The Hall–Kier alpha value is 0.0169. The van der Waals surface area contributed by atoms with Crippen molar-refractivity contribution < 1.29 is 4.43 Å².